The van der Waals surface area contributed by atoms with Gasteiger partial charge in [-0.2, -0.15) is 0 Å². The van der Waals surface area contributed by atoms with E-state index in [2.05, 4.69) is 10.3 Å². The van der Waals surface area contributed by atoms with Gasteiger partial charge in [0.1, 0.15) is 5.69 Å². The van der Waals surface area contributed by atoms with Crippen molar-refractivity contribution in [3.05, 3.63) is 34.2 Å². The van der Waals surface area contributed by atoms with Crippen molar-refractivity contribution in [3.8, 4) is 0 Å². The first-order chi connectivity index (χ1) is 9.20. The lowest BCUT2D eigenvalue weighted by Gasteiger charge is -2.22. The molecule has 0 aliphatic heterocycles. The van der Waals surface area contributed by atoms with Gasteiger partial charge in [0.05, 0.1) is 0 Å². The lowest BCUT2D eigenvalue weighted by atomic mass is 9.84. The lowest BCUT2D eigenvalue weighted by molar-refractivity contribution is 0.0944. The van der Waals surface area contributed by atoms with Crippen molar-refractivity contribution < 1.29 is 4.79 Å². The quantitative estimate of drug-likeness (QED) is 0.874. The van der Waals surface area contributed by atoms with Gasteiger partial charge in [0.15, 0.2) is 0 Å². The zero-order chi connectivity index (χ0) is 13.3. The number of carbonyl (C=O) groups excluding carboxylic acids is 1. The average molecular weight is 260 g/mol. The predicted octanol–water partition coefficient (Wildman–Crippen LogP) is 2.08. The molecule has 0 saturated heterocycles. The molecule has 3 rings (SSSR count). The lowest BCUT2D eigenvalue weighted by Crippen LogP contribution is -2.29. The third kappa shape index (κ3) is 2.57. The molecule has 2 aliphatic rings. The highest BCUT2D eigenvalue weighted by atomic mass is 16.2. The standard InChI is InChI=1S/C15H20N2O2/c18-13-6-4-5-12(17-13)14(19)16-10-11-9-15(11)7-2-1-3-8-15/h4-6,11H,1-3,7-10H2,(H,16,19)(H,17,18)/t11-/m0/s1. The molecule has 0 bridgehead atoms. The predicted molar refractivity (Wildman–Crippen MR) is 73.0 cm³/mol. The van der Waals surface area contributed by atoms with Crippen LogP contribution in [-0.4, -0.2) is 17.4 Å². The number of aromatic nitrogens is 1. The van der Waals surface area contributed by atoms with Crippen LogP contribution in [0.2, 0.25) is 0 Å². The first-order valence-electron chi connectivity index (χ1n) is 7.17. The SMILES string of the molecule is O=C(NC[C@@H]1CC12CCCCC2)c1cccc(=O)[nH]1. The highest BCUT2D eigenvalue weighted by Crippen LogP contribution is 2.60. The highest BCUT2D eigenvalue weighted by molar-refractivity contribution is 5.92. The molecule has 2 N–H and O–H groups in total. The molecule has 1 atom stereocenters. The molecule has 0 radical (unpaired) electrons. The summed E-state index contributed by atoms with van der Waals surface area (Å²) in [5.74, 6) is 0.475. The third-order valence-electron chi connectivity index (χ3n) is 4.73. The Balaban J connectivity index is 1.53. The summed E-state index contributed by atoms with van der Waals surface area (Å²) < 4.78 is 0. The largest absolute Gasteiger partial charge is 0.350 e. The Labute approximate surface area is 112 Å². The molecule has 4 heteroatoms. The maximum Gasteiger partial charge on any atom is 0.267 e. The summed E-state index contributed by atoms with van der Waals surface area (Å²) in [6.07, 6.45) is 7.98. The molecular formula is C15H20N2O2. The molecular weight excluding hydrogens is 240 g/mol. The Hall–Kier alpha value is -1.58. The van der Waals surface area contributed by atoms with Crippen molar-refractivity contribution in [3.63, 3.8) is 0 Å². The average Bonchev–Trinajstić information content (AvgIpc) is 3.09. The monoisotopic (exact) mass is 260 g/mol. The molecule has 2 aliphatic carbocycles. The molecule has 1 aromatic rings. The van der Waals surface area contributed by atoms with Crippen LogP contribution in [0.1, 0.15) is 49.0 Å². The minimum atomic E-state index is -0.233. The second-order valence-electron chi connectivity index (χ2n) is 5.96. The number of hydrogen-bond donors (Lipinski definition) is 2. The van der Waals surface area contributed by atoms with Crippen LogP contribution in [0.25, 0.3) is 0 Å². The summed E-state index contributed by atoms with van der Waals surface area (Å²) >= 11 is 0. The number of amides is 1. The van der Waals surface area contributed by atoms with Crippen LogP contribution in [0.5, 0.6) is 0 Å². The summed E-state index contributed by atoms with van der Waals surface area (Å²) in [6, 6.07) is 4.65. The van der Waals surface area contributed by atoms with Gasteiger partial charge in [-0.15, -0.1) is 0 Å². The Morgan fingerprint density at radius 2 is 2.11 bits per heavy atom. The normalized spacial score (nSPS) is 24.1. The van der Waals surface area contributed by atoms with E-state index in [0.717, 1.165) is 6.54 Å². The van der Waals surface area contributed by atoms with Crippen molar-refractivity contribution in [2.45, 2.75) is 38.5 Å². The summed E-state index contributed by atoms with van der Waals surface area (Å²) in [5, 5.41) is 2.95. The van der Waals surface area contributed by atoms with E-state index in [0.29, 0.717) is 17.0 Å². The van der Waals surface area contributed by atoms with Gasteiger partial charge in [-0.05, 0) is 36.7 Å². The first kappa shape index (κ1) is 12.5. The van der Waals surface area contributed by atoms with E-state index in [1.165, 1.54) is 44.6 Å². The van der Waals surface area contributed by atoms with E-state index in [1.807, 2.05) is 0 Å². The molecule has 19 heavy (non-hydrogen) atoms. The van der Waals surface area contributed by atoms with Gasteiger partial charge in [0.2, 0.25) is 5.56 Å². The molecule has 0 aromatic carbocycles. The summed E-state index contributed by atoms with van der Waals surface area (Å²) in [4.78, 5) is 25.6. The summed E-state index contributed by atoms with van der Waals surface area (Å²) in [5.41, 5.74) is 0.656. The van der Waals surface area contributed by atoms with Crippen LogP contribution >= 0.6 is 0 Å². The van der Waals surface area contributed by atoms with Crippen molar-refractivity contribution >= 4 is 5.91 Å². The second-order valence-corrected chi connectivity index (χ2v) is 5.96. The summed E-state index contributed by atoms with van der Waals surface area (Å²) in [6.45, 7) is 0.746. The Kier molecular flexibility index (Phi) is 3.17. The van der Waals surface area contributed by atoms with Gasteiger partial charge < -0.3 is 10.3 Å². The van der Waals surface area contributed by atoms with Crippen LogP contribution in [0, 0.1) is 11.3 Å². The number of nitrogens with one attached hydrogen (secondary N) is 2. The Morgan fingerprint density at radius 3 is 2.84 bits per heavy atom. The molecule has 2 fully saturated rings. The van der Waals surface area contributed by atoms with Crippen LogP contribution in [0.4, 0.5) is 0 Å². The van der Waals surface area contributed by atoms with E-state index in [4.69, 9.17) is 0 Å². The second kappa shape index (κ2) is 4.83. The number of H-pyrrole nitrogens is 1. The van der Waals surface area contributed by atoms with E-state index in [9.17, 15) is 9.59 Å². The smallest absolute Gasteiger partial charge is 0.267 e. The van der Waals surface area contributed by atoms with Crippen LogP contribution in [0.15, 0.2) is 23.0 Å². The number of carbonyl (C=O) groups is 1. The number of rotatable bonds is 3. The zero-order valence-corrected chi connectivity index (χ0v) is 11.1. The fourth-order valence-corrected chi connectivity index (χ4v) is 3.48. The maximum atomic E-state index is 11.9. The molecule has 1 amide bonds. The van der Waals surface area contributed by atoms with E-state index in [-0.39, 0.29) is 11.5 Å². The van der Waals surface area contributed by atoms with Crippen LogP contribution < -0.4 is 10.9 Å². The molecule has 102 valence electrons. The molecule has 4 nitrogen and oxygen atoms in total. The number of aromatic amines is 1. The van der Waals surface area contributed by atoms with Gasteiger partial charge in [-0.1, -0.05) is 25.3 Å². The molecule has 1 heterocycles. The fraction of sp³-hybridized carbons (Fsp3) is 0.600. The van der Waals surface area contributed by atoms with E-state index >= 15 is 0 Å². The molecule has 2 saturated carbocycles. The first-order valence-corrected chi connectivity index (χ1v) is 7.17. The van der Waals surface area contributed by atoms with Gasteiger partial charge >= 0.3 is 0 Å². The van der Waals surface area contributed by atoms with Crippen LogP contribution in [0.3, 0.4) is 0 Å². The Bertz CT molecular complexity index is 529. The molecule has 1 spiro atoms. The summed E-state index contributed by atoms with van der Waals surface area (Å²) in [7, 11) is 0. The van der Waals surface area contributed by atoms with E-state index in [1.54, 1.807) is 12.1 Å². The van der Waals surface area contributed by atoms with Crippen molar-refractivity contribution in [1.29, 1.82) is 0 Å². The molecule has 0 unspecified atom stereocenters. The third-order valence-corrected chi connectivity index (χ3v) is 4.73. The van der Waals surface area contributed by atoms with Crippen molar-refractivity contribution in [2.24, 2.45) is 11.3 Å². The van der Waals surface area contributed by atoms with Gasteiger partial charge in [-0.25, -0.2) is 0 Å². The van der Waals surface area contributed by atoms with Crippen molar-refractivity contribution in [1.82, 2.24) is 10.3 Å². The van der Waals surface area contributed by atoms with Gasteiger partial charge in [0.25, 0.3) is 5.91 Å². The van der Waals surface area contributed by atoms with Crippen LogP contribution in [-0.2, 0) is 0 Å². The van der Waals surface area contributed by atoms with Gasteiger partial charge in [0, 0.05) is 12.6 Å². The Morgan fingerprint density at radius 1 is 1.32 bits per heavy atom. The minimum absolute atomic E-state index is 0.171. The zero-order valence-electron chi connectivity index (χ0n) is 11.1. The van der Waals surface area contributed by atoms with Gasteiger partial charge in [-0.3, -0.25) is 9.59 Å². The topological polar surface area (TPSA) is 62.0 Å². The fourth-order valence-electron chi connectivity index (χ4n) is 3.48. The van der Waals surface area contributed by atoms with Crippen molar-refractivity contribution in [2.75, 3.05) is 6.54 Å². The molecule has 1 aromatic heterocycles. The van der Waals surface area contributed by atoms with E-state index < -0.39 is 0 Å². The minimum Gasteiger partial charge on any atom is -0.350 e. The number of pyridine rings is 1. The maximum absolute atomic E-state index is 11.9. The number of hydrogen-bond acceptors (Lipinski definition) is 2. The highest BCUT2D eigenvalue weighted by Gasteiger charge is 2.53.